The van der Waals surface area contributed by atoms with E-state index in [9.17, 15) is 14.9 Å². The fraction of sp³-hybridized carbons (Fsp3) is 0.167. The molecule has 8 nitrogen and oxygen atoms in total. The van der Waals surface area contributed by atoms with E-state index in [1.165, 1.54) is 23.9 Å². The molecule has 3 aromatic rings. The van der Waals surface area contributed by atoms with Crippen molar-refractivity contribution >= 4 is 51.9 Å². The van der Waals surface area contributed by atoms with Crippen LogP contribution in [0.1, 0.15) is 5.76 Å². The van der Waals surface area contributed by atoms with Gasteiger partial charge in [-0.25, -0.2) is 0 Å². The number of aliphatic imine (C=N–C) groups is 1. The predicted octanol–water partition coefficient (Wildman–Crippen LogP) is 5.30. The molecule has 0 spiro atoms. The number of anilines is 1. The van der Waals surface area contributed by atoms with Gasteiger partial charge in [-0.15, -0.1) is 0 Å². The molecule has 34 heavy (non-hydrogen) atoms. The van der Waals surface area contributed by atoms with Crippen molar-refractivity contribution in [3.8, 4) is 11.3 Å². The van der Waals surface area contributed by atoms with E-state index in [-0.39, 0.29) is 11.6 Å². The van der Waals surface area contributed by atoms with Crippen molar-refractivity contribution in [1.82, 2.24) is 4.90 Å². The molecule has 0 bridgehead atoms. The third-order valence-corrected chi connectivity index (χ3v) is 6.85. The molecule has 1 fully saturated rings. The molecular weight excluding hydrogens is 476 g/mol. The molecule has 0 atom stereocenters. The Labute approximate surface area is 204 Å². The van der Waals surface area contributed by atoms with Crippen molar-refractivity contribution in [3.05, 3.63) is 86.5 Å². The summed E-state index contributed by atoms with van der Waals surface area (Å²) in [5, 5.41) is 12.4. The van der Waals surface area contributed by atoms with E-state index in [1.807, 2.05) is 24.3 Å². The van der Waals surface area contributed by atoms with E-state index in [1.54, 1.807) is 30.3 Å². The molecule has 2 aromatic carbocycles. The summed E-state index contributed by atoms with van der Waals surface area (Å²) in [6.45, 7) is 3.10. The molecule has 5 rings (SSSR count). The first-order chi connectivity index (χ1) is 16.5. The van der Waals surface area contributed by atoms with Gasteiger partial charge in [-0.05, 0) is 42.1 Å². The first-order valence-corrected chi connectivity index (χ1v) is 11.8. The number of piperazine rings is 1. The monoisotopic (exact) mass is 494 g/mol. The Balaban J connectivity index is 1.24. The number of halogens is 1. The Kier molecular flexibility index (Phi) is 6.12. The van der Waals surface area contributed by atoms with Gasteiger partial charge in [0.05, 0.1) is 9.83 Å². The van der Waals surface area contributed by atoms with Crippen LogP contribution < -0.4 is 4.90 Å². The minimum Gasteiger partial charge on any atom is -0.457 e. The van der Waals surface area contributed by atoms with Crippen molar-refractivity contribution < 1.29 is 14.1 Å². The van der Waals surface area contributed by atoms with Crippen LogP contribution in [-0.2, 0) is 4.79 Å². The van der Waals surface area contributed by atoms with Crippen LogP contribution in [-0.4, -0.2) is 47.1 Å². The summed E-state index contributed by atoms with van der Waals surface area (Å²) in [7, 11) is 0. The number of furan rings is 1. The van der Waals surface area contributed by atoms with Crippen LogP contribution in [0.5, 0.6) is 0 Å². The Hall–Kier alpha value is -3.56. The number of nitro benzene ring substituents is 1. The van der Waals surface area contributed by atoms with Gasteiger partial charge in [0, 0.05) is 60.7 Å². The van der Waals surface area contributed by atoms with Gasteiger partial charge in [-0.2, -0.15) is 4.99 Å². The van der Waals surface area contributed by atoms with Gasteiger partial charge < -0.3 is 14.2 Å². The molecule has 2 aliphatic heterocycles. The lowest BCUT2D eigenvalue weighted by Crippen LogP contribution is -2.47. The smallest absolute Gasteiger partial charge is 0.286 e. The number of rotatable bonds is 4. The summed E-state index contributed by atoms with van der Waals surface area (Å²) < 4.78 is 5.82. The second kappa shape index (κ2) is 9.36. The number of amidine groups is 1. The molecular formula is C24H19ClN4O4S. The van der Waals surface area contributed by atoms with E-state index in [2.05, 4.69) is 14.8 Å². The summed E-state index contributed by atoms with van der Waals surface area (Å²) in [5.41, 5.74) is 1.67. The zero-order chi connectivity index (χ0) is 23.7. The zero-order valence-electron chi connectivity index (χ0n) is 17.9. The van der Waals surface area contributed by atoms with Crippen LogP contribution in [0.25, 0.3) is 17.4 Å². The number of hydrogen-bond acceptors (Lipinski definition) is 7. The average Bonchev–Trinajstić information content (AvgIpc) is 3.46. The van der Waals surface area contributed by atoms with Crippen molar-refractivity contribution in [2.75, 3.05) is 31.1 Å². The van der Waals surface area contributed by atoms with E-state index in [0.29, 0.717) is 32.2 Å². The number of carbonyl (C=O) groups excluding carboxylic acids is 1. The maximum atomic E-state index is 12.5. The number of thioether (sulfide) groups is 1. The lowest BCUT2D eigenvalue weighted by molar-refractivity contribution is -0.384. The third kappa shape index (κ3) is 4.71. The number of nitrogens with zero attached hydrogens (tertiary/aromatic N) is 4. The minimum absolute atomic E-state index is 0.0103. The van der Waals surface area contributed by atoms with E-state index >= 15 is 0 Å². The lowest BCUT2D eigenvalue weighted by atomic mass is 10.1. The fourth-order valence-electron chi connectivity index (χ4n) is 3.85. The quantitative estimate of drug-likeness (QED) is 0.276. The topological polar surface area (TPSA) is 92.2 Å². The normalized spacial score (nSPS) is 17.4. The number of hydrogen-bond donors (Lipinski definition) is 0. The van der Waals surface area contributed by atoms with Gasteiger partial charge in [0.25, 0.3) is 11.6 Å². The fourth-order valence-corrected chi connectivity index (χ4v) is 4.98. The highest BCUT2D eigenvalue weighted by Crippen LogP contribution is 2.33. The first-order valence-electron chi connectivity index (χ1n) is 10.6. The number of amides is 1. The molecule has 1 amide bonds. The second-order valence-corrected chi connectivity index (χ2v) is 9.22. The van der Waals surface area contributed by atoms with Gasteiger partial charge in [0.2, 0.25) is 0 Å². The van der Waals surface area contributed by atoms with Crippen LogP contribution in [0.4, 0.5) is 11.4 Å². The standard InChI is InChI=1S/C24H19ClN4O4S/c25-17-4-2-5-18(14-17)27-9-11-28(12-10-27)24-26-23(30)22(34-24)15-20-7-8-21(33-20)16-3-1-6-19(13-16)29(31)32/h1-8,13-15H,9-12H2. The largest absolute Gasteiger partial charge is 0.457 e. The number of nitro groups is 1. The predicted molar refractivity (Wildman–Crippen MR) is 134 cm³/mol. The van der Waals surface area contributed by atoms with Crippen molar-refractivity contribution in [2.24, 2.45) is 4.99 Å². The second-order valence-electron chi connectivity index (χ2n) is 7.77. The SMILES string of the molecule is O=C1N=C(N2CCN(c3cccc(Cl)c3)CC2)SC1=Cc1ccc(-c2cccc([N+](=O)[O-])c2)o1. The third-order valence-electron chi connectivity index (χ3n) is 5.57. The Bertz CT molecular complexity index is 1330. The van der Waals surface area contributed by atoms with Gasteiger partial charge >= 0.3 is 0 Å². The number of non-ortho nitro benzene ring substituents is 1. The molecule has 2 aliphatic rings. The molecule has 172 valence electrons. The number of benzene rings is 2. The van der Waals surface area contributed by atoms with Gasteiger partial charge in [-0.1, -0.05) is 29.8 Å². The minimum atomic E-state index is -0.448. The molecule has 0 unspecified atom stereocenters. The highest BCUT2D eigenvalue weighted by molar-refractivity contribution is 8.18. The summed E-state index contributed by atoms with van der Waals surface area (Å²) in [6.07, 6.45) is 1.66. The lowest BCUT2D eigenvalue weighted by Gasteiger charge is -2.36. The van der Waals surface area contributed by atoms with E-state index in [0.717, 1.165) is 31.9 Å². The van der Waals surface area contributed by atoms with Gasteiger partial charge in [-0.3, -0.25) is 14.9 Å². The Morgan fingerprint density at radius 3 is 2.56 bits per heavy atom. The van der Waals surface area contributed by atoms with Crippen molar-refractivity contribution in [2.45, 2.75) is 0 Å². The van der Waals surface area contributed by atoms with E-state index < -0.39 is 4.92 Å². The molecule has 0 aliphatic carbocycles. The molecule has 1 saturated heterocycles. The number of carbonyl (C=O) groups is 1. The molecule has 0 radical (unpaired) electrons. The van der Waals surface area contributed by atoms with Gasteiger partial charge in [0.1, 0.15) is 11.5 Å². The van der Waals surface area contributed by atoms with Crippen LogP contribution in [0.3, 0.4) is 0 Å². The Morgan fingerprint density at radius 2 is 1.79 bits per heavy atom. The zero-order valence-corrected chi connectivity index (χ0v) is 19.5. The van der Waals surface area contributed by atoms with Crippen molar-refractivity contribution in [3.63, 3.8) is 0 Å². The highest BCUT2D eigenvalue weighted by atomic mass is 35.5. The van der Waals surface area contributed by atoms with Crippen molar-refractivity contribution in [1.29, 1.82) is 0 Å². The van der Waals surface area contributed by atoms with Crippen LogP contribution >= 0.6 is 23.4 Å². The summed E-state index contributed by atoms with van der Waals surface area (Å²) in [4.78, 5) is 32.2. The maximum Gasteiger partial charge on any atom is 0.286 e. The summed E-state index contributed by atoms with van der Waals surface area (Å²) in [5.74, 6) is 0.675. The molecule has 3 heterocycles. The van der Waals surface area contributed by atoms with Crippen LogP contribution in [0, 0.1) is 10.1 Å². The van der Waals surface area contributed by atoms with E-state index in [4.69, 9.17) is 16.0 Å². The maximum absolute atomic E-state index is 12.5. The molecule has 1 aromatic heterocycles. The highest BCUT2D eigenvalue weighted by Gasteiger charge is 2.29. The Morgan fingerprint density at radius 1 is 1.03 bits per heavy atom. The molecule has 10 heteroatoms. The summed E-state index contributed by atoms with van der Waals surface area (Å²) in [6, 6.07) is 17.5. The van der Waals surface area contributed by atoms with Crippen LogP contribution in [0.2, 0.25) is 5.02 Å². The summed E-state index contributed by atoms with van der Waals surface area (Å²) >= 11 is 7.44. The first kappa shape index (κ1) is 22.2. The average molecular weight is 495 g/mol. The molecule has 0 saturated carbocycles. The molecule has 0 N–H and O–H groups in total. The van der Waals surface area contributed by atoms with Gasteiger partial charge in [0.15, 0.2) is 5.17 Å². The van der Waals surface area contributed by atoms with Crippen LogP contribution in [0.15, 0.2) is 75.0 Å².